The van der Waals surface area contributed by atoms with E-state index < -0.39 is 0 Å². The van der Waals surface area contributed by atoms with Gasteiger partial charge in [0.25, 0.3) is 0 Å². The fourth-order valence-electron chi connectivity index (χ4n) is 3.03. The molecule has 1 fully saturated rings. The Kier molecular flexibility index (Phi) is 4.79. The first-order valence-corrected chi connectivity index (χ1v) is 8.59. The first-order valence-electron chi connectivity index (χ1n) is 8.59. The summed E-state index contributed by atoms with van der Waals surface area (Å²) in [6.07, 6.45) is 5.32. The number of morpholine rings is 1. The van der Waals surface area contributed by atoms with Crippen molar-refractivity contribution in [2.24, 2.45) is 0 Å². The van der Waals surface area contributed by atoms with Crippen molar-refractivity contribution in [3.05, 3.63) is 72.2 Å². The molecule has 7 heteroatoms. The van der Waals surface area contributed by atoms with Crippen LogP contribution in [-0.4, -0.2) is 41.3 Å². The first kappa shape index (κ1) is 16.5. The lowest BCUT2D eigenvalue weighted by Crippen LogP contribution is -2.36. The number of nitrogens with zero attached hydrogens (tertiary/aromatic N) is 3. The second-order valence-corrected chi connectivity index (χ2v) is 6.10. The van der Waals surface area contributed by atoms with Crippen LogP contribution in [0.2, 0.25) is 0 Å². The number of nitrogens with one attached hydrogen (secondary N) is 2. The van der Waals surface area contributed by atoms with Crippen molar-refractivity contribution in [1.82, 2.24) is 15.0 Å². The molecule has 3 aromatic rings. The van der Waals surface area contributed by atoms with Gasteiger partial charge < -0.3 is 19.9 Å². The monoisotopic (exact) mass is 353 g/mol. The number of rotatable bonds is 5. The molecule has 2 aromatic heterocycles. The predicted molar refractivity (Wildman–Crippen MR) is 97.7 cm³/mol. The average Bonchev–Trinajstić information content (AvgIpc) is 3.23. The number of pyridine rings is 1. The van der Waals surface area contributed by atoms with Crippen LogP contribution in [0.3, 0.4) is 0 Å². The van der Waals surface area contributed by atoms with Crippen molar-refractivity contribution in [1.29, 1.82) is 0 Å². The zero-order valence-electron chi connectivity index (χ0n) is 14.2. The molecule has 1 atom stereocenters. The van der Waals surface area contributed by atoms with Gasteiger partial charge >= 0.3 is 0 Å². The van der Waals surface area contributed by atoms with Crippen molar-refractivity contribution in [3.8, 4) is 0 Å². The summed E-state index contributed by atoms with van der Waals surface area (Å²) in [5.74, 6) is 1.21. The molecule has 134 valence electrons. The van der Waals surface area contributed by atoms with E-state index in [-0.39, 0.29) is 11.9 Å². The molecule has 0 amide bonds. The Labute approximate surface area is 151 Å². The third kappa shape index (κ3) is 3.67. The summed E-state index contributed by atoms with van der Waals surface area (Å²) >= 11 is 0. The molecule has 1 aliphatic heterocycles. The summed E-state index contributed by atoms with van der Waals surface area (Å²) in [4.78, 5) is 14.2. The highest BCUT2D eigenvalue weighted by Crippen LogP contribution is 2.25. The average molecular weight is 353 g/mol. The summed E-state index contributed by atoms with van der Waals surface area (Å²) in [5, 5.41) is 3.38. The largest absolute Gasteiger partial charge is 0.378 e. The van der Waals surface area contributed by atoms with Gasteiger partial charge in [-0.2, -0.15) is 0 Å². The van der Waals surface area contributed by atoms with E-state index in [9.17, 15) is 4.39 Å². The Bertz CT molecular complexity index is 814. The molecule has 1 unspecified atom stereocenters. The number of imidazole rings is 1. The van der Waals surface area contributed by atoms with Gasteiger partial charge in [0.05, 0.1) is 25.1 Å². The first-order chi connectivity index (χ1) is 12.8. The number of benzene rings is 1. The second kappa shape index (κ2) is 7.53. The minimum atomic E-state index is -0.264. The molecule has 2 N–H and O–H groups in total. The zero-order valence-corrected chi connectivity index (χ0v) is 14.2. The van der Waals surface area contributed by atoms with Crippen LogP contribution < -0.4 is 10.2 Å². The number of halogens is 1. The maximum atomic E-state index is 13.3. The van der Waals surface area contributed by atoms with Crippen molar-refractivity contribution < 1.29 is 9.13 Å². The zero-order chi connectivity index (χ0) is 17.8. The molecule has 0 saturated carbocycles. The summed E-state index contributed by atoms with van der Waals surface area (Å²) in [7, 11) is 0. The Morgan fingerprint density at radius 3 is 2.54 bits per heavy atom. The van der Waals surface area contributed by atoms with E-state index in [0.29, 0.717) is 0 Å². The van der Waals surface area contributed by atoms with Gasteiger partial charge in [0.15, 0.2) is 0 Å². The van der Waals surface area contributed by atoms with Crippen molar-refractivity contribution in [2.75, 3.05) is 36.5 Å². The van der Waals surface area contributed by atoms with Gasteiger partial charge in [-0.1, -0.05) is 12.1 Å². The van der Waals surface area contributed by atoms with E-state index in [1.54, 1.807) is 24.5 Å². The molecule has 1 aromatic carbocycles. The smallest absolute Gasteiger partial charge is 0.133 e. The number of anilines is 2. The molecule has 0 spiro atoms. The number of aromatic amines is 1. The molecule has 4 rings (SSSR count). The van der Waals surface area contributed by atoms with Crippen LogP contribution in [0.5, 0.6) is 0 Å². The van der Waals surface area contributed by atoms with Gasteiger partial charge in [0.2, 0.25) is 0 Å². The van der Waals surface area contributed by atoms with Crippen LogP contribution in [0.15, 0.2) is 55.0 Å². The molecule has 0 bridgehead atoms. The van der Waals surface area contributed by atoms with Crippen LogP contribution in [0.25, 0.3) is 0 Å². The topological polar surface area (TPSA) is 66.1 Å². The lowest BCUT2D eigenvalue weighted by atomic mass is 10.1. The van der Waals surface area contributed by atoms with Gasteiger partial charge in [0.1, 0.15) is 23.5 Å². The molecule has 3 heterocycles. The molecule has 6 nitrogen and oxygen atoms in total. The number of hydrogen-bond acceptors (Lipinski definition) is 5. The molecule has 0 aliphatic carbocycles. The van der Waals surface area contributed by atoms with Gasteiger partial charge in [0, 0.05) is 25.5 Å². The van der Waals surface area contributed by atoms with Crippen LogP contribution in [0.1, 0.15) is 17.4 Å². The highest BCUT2D eigenvalue weighted by Gasteiger charge is 2.18. The minimum Gasteiger partial charge on any atom is -0.378 e. The minimum absolute atomic E-state index is 0.243. The maximum Gasteiger partial charge on any atom is 0.133 e. The van der Waals surface area contributed by atoms with Crippen LogP contribution in [0, 0.1) is 5.82 Å². The van der Waals surface area contributed by atoms with E-state index >= 15 is 0 Å². The SMILES string of the molecule is Fc1ccc(C(Nc2ccc(N3CCOCC3)cn2)c2ncc[nH]2)cc1. The number of hydrogen-bond donors (Lipinski definition) is 2. The summed E-state index contributed by atoms with van der Waals surface area (Å²) in [6, 6.07) is 10.1. The lowest BCUT2D eigenvalue weighted by molar-refractivity contribution is 0.122. The second-order valence-electron chi connectivity index (χ2n) is 6.10. The number of aromatic nitrogens is 3. The van der Waals surface area contributed by atoms with Gasteiger partial charge in [-0.05, 0) is 29.8 Å². The molecule has 26 heavy (non-hydrogen) atoms. The van der Waals surface area contributed by atoms with Crippen LogP contribution in [0.4, 0.5) is 15.9 Å². The highest BCUT2D eigenvalue weighted by molar-refractivity contribution is 5.51. The number of H-pyrrole nitrogens is 1. The van der Waals surface area contributed by atoms with E-state index in [4.69, 9.17) is 4.74 Å². The summed E-state index contributed by atoms with van der Waals surface area (Å²) < 4.78 is 18.7. The quantitative estimate of drug-likeness (QED) is 0.738. The molecule has 0 radical (unpaired) electrons. The van der Waals surface area contributed by atoms with E-state index in [0.717, 1.165) is 49.2 Å². The normalized spacial score (nSPS) is 15.7. The lowest BCUT2D eigenvalue weighted by Gasteiger charge is -2.28. The fraction of sp³-hybridized carbons (Fsp3) is 0.263. The predicted octanol–water partition coefficient (Wildman–Crippen LogP) is 2.98. The molecule has 1 aliphatic rings. The van der Waals surface area contributed by atoms with Gasteiger partial charge in [-0.25, -0.2) is 14.4 Å². The van der Waals surface area contributed by atoms with Crippen LogP contribution in [-0.2, 0) is 4.74 Å². The third-order valence-electron chi connectivity index (χ3n) is 4.41. The van der Waals surface area contributed by atoms with Crippen molar-refractivity contribution >= 4 is 11.5 Å². The van der Waals surface area contributed by atoms with E-state index in [2.05, 4.69) is 25.2 Å². The van der Waals surface area contributed by atoms with Gasteiger partial charge in [-0.3, -0.25) is 0 Å². The van der Waals surface area contributed by atoms with Crippen molar-refractivity contribution in [3.63, 3.8) is 0 Å². The third-order valence-corrected chi connectivity index (χ3v) is 4.41. The standard InChI is InChI=1S/C19H20FN5O/c20-15-3-1-14(2-4-15)18(19-21-7-8-22-19)24-17-6-5-16(13-23-17)25-9-11-26-12-10-25/h1-8,13,18H,9-12H2,(H,21,22)(H,23,24). The number of ether oxygens (including phenoxy) is 1. The van der Waals surface area contributed by atoms with Crippen LogP contribution >= 0.6 is 0 Å². The Hall–Kier alpha value is -2.93. The highest BCUT2D eigenvalue weighted by atomic mass is 19.1. The molecular weight excluding hydrogens is 333 g/mol. The van der Waals surface area contributed by atoms with E-state index in [1.165, 1.54) is 12.1 Å². The van der Waals surface area contributed by atoms with Gasteiger partial charge in [-0.15, -0.1) is 0 Å². The fourth-order valence-corrected chi connectivity index (χ4v) is 3.03. The Balaban J connectivity index is 1.54. The summed E-state index contributed by atoms with van der Waals surface area (Å²) in [6.45, 7) is 3.23. The Morgan fingerprint density at radius 1 is 1.08 bits per heavy atom. The summed E-state index contributed by atoms with van der Waals surface area (Å²) in [5.41, 5.74) is 1.98. The molecular formula is C19H20FN5O. The molecule has 1 saturated heterocycles. The van der Waals surface area contributed by atoms with E-state index in [1.807, 2.05) is 18.3 Å². The Morgan fingerprint density at radius 2 is 1.88 bits per heavy atom. The maximum absolute atomic E-state index is 13.3. The van der Waals surface area contributed by atoms with Crippen molar-refractivity contribution in [2.45, 2.75) is 6.04 Å².